The van der Waals surface area contributed by atoms with Crippen LogP contribution in [0.25, 0.3) is 0 Å². The van der Waals surface area contributed by atoms with Gasteiger partial charge < -0.3 is 10.0 Å². The van der Waals surface area contributed by atoms with Gasteiger partial charge in [-0.1, -0.05) is 35.2 Å². The van der Waals surface area contributed by atoms with Crippen molar-refractivity contribution in [3.05, 3.63) is 29.8 Å². The molecular formula is C12H13N3O2S2. The van der Waals surface area contributed by atoms with E-state index in [1.807, 2.05) is 37.1 Å². The lowest BCUT2D eigenvalue weighted by atomic mass is 10.2. The zero-order valence-electron chi connectivity index (χ0n) is 10.5. The predicted octanol–water partition coefficient (Wildman–Crippen LogP) is 2.79. The van der Waals surface area contributed by atoms with Crippen molar-refractivity contribution in [2.45, 2.75) is 11.3 Å². The number of benzene rings is 1. The van der Waals surface area contributed by atoms with Crippen molar-refractivity contribution in [2.75, 3.05) is 17.7 Å². The smallest absolute Gasteiger partial charge is 0.313 e. The highest BCUT2D eigenvalue weighted by Crippen LogP contribution is 2.31. The van der Waals surface area contributed by atoms with E-state index < -0.39 is 5.97 Å². The van der Waals surface area contributed by atoms with Crippen LogP contribution in [0.15, 0.2) is 28.6 Å². The number of carboxylic acid groups (broad SMARTS) is 1. The van der Waals surface area contributed by atoms with E-state index in [0.717, 1.165) is 10.8 Å². The summed E-state index contributed by atoms with van der Waals surface area (Å²) < 4.78 is 0.664. The van der Waals surface area contributed by atoms with Crippen molar-refractivity contribution in [1.82, 2.24) is 10.2 Å². The van der Waals surface area contributed by atoms with E-state index in [-0.39, 0.29) is 5.75 Å². The minimum atomic E-state index is -0.853. The summed E-state index contributed by atoms with van der Waals surface area (Å²) in [5.74, 6) is -0.850. The van der Waals surface area contributed by atoms with Crippen LogP contribution >= 0.6 is 23.1 Å². The molecule has 7 heteroatoms. The molecule has 0 aliphatic heterocycles. The van der Waals surface area contributed by atoms with Gasteiger partial charge in [-0.2, -0.15) is 0 Å². The van der Waals surface area contributed by atoms with Gasteiger partial charge in [0.2, 0.25) is 5.13 Å². The Morgan fingerprint density at radius 2 is 2.26 bits per heavy atom. The maximum atomic E-state index is 10.5. The van der Waals surface area contributed by atoms with E-state index in [9.17, 15) is 4.79 Å². The number of thioether (sulfide) groups is 1. The number of rotatable bonds is 5. The van der Waals surface area contributed by atoms with Crippen molar-refractivity contribution in [3.63, 3.8) is 0 Å². The van der Waals surface area contributed by atoms with E-state index in [0.29, 0.717) is 4.34 Å². The van der Waals surface area contributed by atoms with E-state index in [4.69, 9.17) is 5.11 Å². The molecule has 0 atom stereocenters. The molecule has 0 aliphatic carbocycles. The number of anilines is 2. The quantitative estimate of drug-likeness (QED) is 0.856. The molecule has 0 saturated carbocycles. The summed E-state index contributed by atoms with van der Waals surface area (Å²) in [5, 5.41) is 17.4. The molecule has 100 valence electrons. The third-order valence-corrected chi connectivity index (χ3v) is 4.51. The van der Waals surface area contributed by atoms with Gasteiger partial charge in [-0.3, -0.25) is 4.79 Å². The van der Waals surface area contributed by atoms with Crippen LogP contribution in [0.4, 0.5) is 10.8 Å². The maximum absolute atomic E-state index is 10.5. The molecular weight excluding hydrogens is 282 g/mol. The zero-order valence-corrected chi connectivity index (χ0v) is 12.2. The van der Waals surface area contributed by atoms with Gasteiger partial charge in [-0.15, -0.1) is 10.2 Å². The highest BCUT2D eigenvalue weighted by molar-refractivity contribution is 8.01. The fourth-order valence-corrected chi connectivity index (χ4v) is 3.01. The number of carbonyl (C=O) groups is 1. The Kier molecular flexibility index (Phi) is 4.39. The monoisotopic (exact) mass is 295 g/mol. The normalized spacial score (nSPS) is 10.4. The molecule has 0 radical (unpaired) electrons. The molecule has 1 N–H and O–H groups in total. The number of hydrogen-bond acceptors (Lipinski definition) is 6. The number of aliphatic carboxylic acids is 1. The van der Waals surface area contributed by atoms with Crippen molar-refractivity contribution < 1.29 is 9.90 Å². The lowest BCUT2D eigenvalue weighted by Crippen LogP contribution is -2.08. The lowest BCUT2D eigenvalue weighted by Gasteiger charge is -2.15. The second-order valence-corrected chi connectivity index (χ2v) is 6.11. The second kappa shape index (κ2) is 6.03. The average molecular weight is 295 g/mol. The van der Waals surface area contributed by atoms with Crippen LogP contribution < -0.4 is 4.90 Å². The van der Waals surface area contributed by atoms with Crippen molar-refractivity contribution in [2.24, 2.45) is 0 Å². The summed E-state index contributed by atoms with van der Waals surface area (Å²) in [5.41, 5.74) is 2.21. The van der Waals surface area contributed by atoms with Crippen LogP contribution in [-0.2, 0) is 4.79 Å². The molecule has 19 heavy (non-hydrogen) atoms. The fraction of sp³-hybridized carbons (Fsp3) is 0.250. The van der Waals surface area contributed by atoms with Crippen molar-refractivity contribution >= 4 is 39.9 Å². The largest absolute Gasteiger partial charge is 0.481 e. The Balaban J connectivity index is 2.11. The van der Waals surface area contributed by atoms with Crippen LogP contribution in [-0.4, -0.2) is 34.1 Å². The molecule has 1 aromatic heterocycles. The van der Waals surface area contributed by atoms with E-state index in [1.165, 1.54) is 28.7 Å². The summed E-state index contributed by atoms with van der Waals surface area (Å²) in [6.07, 6.45) is 0. The zero-order chi connectivity index (χ0) is 13.8. The lowest BCUT2D eigenvalue weighted by molar-refractivity contribution is -0.133. The minimum Gasteiger partial charge on any atom is -0.481 e. The Morgan fingerprint density at radius 1 is 1.47 bits per heavy atom. The molecule has 0 bridgehead atoms. The molecule has 0 saturated heterocycles. The number of hydrogen-bond donors (Lipinski definition) is 1. The first kappa shape index (κ1) is 13.8. The summed E-state index contributed by atoms with van der Waals surface area (Å²) in [6, 6.07) is 8.08. The average Bonchev–Trinajstić information content (AvgIpc) is 2.84. The molecule has 0 spiro atoms. The van der Waals surface area contributed by atoms with E-state index in [2.05, 4.69) is 16.3 Å². The van der Waals surface area contributed by atoms with Crippen LogP contribution in [0, 0.1) is 6.92 Å². The van der Waals surface area contributed by atoms with Crippen molar-refractivity contribution in [1.29, 1.82) is 0 Å². The maximum Gasteiger partial charge on any atom is 0.313 e. The molecule has 2 rings (SSSR count). The van der Waals surface area contributed by atoms with Crippen LogP contribution in [0.3, 0.4) is 0 Å². The molecule has 0 aliphatic rings. The molecule has 0 unspecified atom stereocenters. The molecule has 1 aromatic carbocycles. The van der Waals surface area contributed by atoms with Gasteiger partial charge in [0.25, 0.3) is 0 Å². The minimum absolute atomic E-state index is 0.00277. The predicted molar refractivity (Wildman–Crippen MR) is 77.5 cm³/mol. The van der Waals surface area contributed by atoms with Gasteiger partial charge in [0, 0.05) is 12.7 Å². The highest BCUT2D eigenvalue weighted by atomic mass is 32.2. The van der Waals surface area contributed by atoms with Crippen LogP contribution in [0.5, 0.6) is 0 Å². The topological polar surface area (TPSA) is 66.3 Å². The summed E-state index contributed by atoms with van der Waals surface area (Å²) in [6.45, 7) is 2.03. The Labute approximate surface area is 119 Å². The second-order valence-electron chi connectivity index (χ2n) is 3.93. The summed E-state index contributed by atoms with van der Waals surface area (Å²) in [4.78, 5) is 12.4. The first-order chi connectivity index (χ1) is 9.06. The van der Waals surface area contributed by atoms with Gasteiger partial charge in [0.1, 0.15) is 0 Å². The SMILES string of the molecule is Cc1cccc(N(C)c2nnc(SCC(=O)O)s2)c1. The molecule has 1 heterocycles. The molecule has 2 aromatic rings. The first-order valence-corrected chi connectivity index (χ1v) is 7.35. The van der Waals surface area contributed by atoms with Gasteiger partial charge in [0.05, 0.1) is 5.75 Å². The van der Waals surface area contributed by atoms with Crippen molar-refractivity contribution in [3.8, 4) is 0 Å². The van der Waals surface area contributed by atoms with Gasteiger partial charge in [-0.05, 0) is 24.6 Å². The Hall–Kier alpha value is -1.60. The Bertz CT molecular complexity index is 586. The van der Waals surface area contributed by atoms with E-state index in [1.54, 1.807) is 0 Å². The van der Waals surface area contributed by atoms with Gasteiger partial charge in [0.15, 0.2) is 4.34 Å². The Morgan fingerprint density at radius 3 is 2.95 bits per heavy atom. The third-order valence-electron chi connectivity index (χ3n) is 2.39. The molecule has 0 amide bonds. The van der Waals surface area contributed by atoms with Gasteiger partial charge >= 0.3 is 5.97 Å². The first-order valence-electron chi connectivity index (χ1n) is 5.55. The number of aryl methyl sites for hydroxylation is 1. The number of nitrogens with zero attached hydrogens (tertiary/aromatic N) is 3. The van der Waals surface area contributed by atoms with Gasteiger partial charge in [-0.25, -0.2) is 0 Å². The third kappa shape index (κ3) is 3.68. The number of carboxylic acids is 1. The van der Waals surface area contributed by atoms with Crippen LogP contribution in [0.1, 0.15) is 5.56 Å². The molecule has 5 nitrogen and oxygen atoms in total. The number of aromatic nitrogens is 2. The summed E-state index contributed by atoms with van der Waals surface area (Å²) >= 11 is 2.57. The van der Waals surface area contributed by atoms with Crippen LogP contribution in [0.2, 0.25) is 0 Å². The summed E-state index contributed by atoms with van der Waals surface area (Å²) in [7, 11) is 1.92. The van der Waals surface area contributed by atoms with E-state index >= 15 is 0 Å². The standard InChI is InChI=1S/C12H13N3O2S2/c1-8-4-3-5-9(6-8)15(2)11-13-14-12(19-11)18-7-10(16)17/h3-6H,7H2,1-2H3,(H,16,17). The highest BCUT2D eigenvalue weighted by Gasteiger charge is 2.12. The fourth-order valence-electron chi connectivity index (χ4n) is 1.47. The molecule has 0 fully saturated rings.